The summed E-state index contributed by atoms with van der Waals surface area (Å²) in [4.78, 5) is 19.8. The first-order chi connectivity index (χ1) is 17.9. The summed E-state index contributed by atoms with van der Waals surface area (Å²) < 4.78 is 40.2. The molecule has 2 saturated heterocycles. The van der Waals surface area contributed by atoms with Crippen LogP contribution in [0.1, 0.15) is 42.7 Å². The maximum absolute atomic E-state index is 13.7. The highest BCUT2D eigenvalue weighted by Gasteiger charge is 2.30. The predicted octanol–water partition coefficient (Wildman–Crippen LogP) is 5.08. The van der Waals surface area contributed by atoms with E-state index < -0.39 is 17.7 Å². The molecule has 5 nitrogen and oxygen atoms in total. The van der Waals surface area contributed by atoms with E-state index in [2.05, 4.69) is 9.88 Å². The lowest BCUT2D eigenvalue weighted by atomic mass is 9.87. The number of aromatic amines is 1. The number of benzene rings is 2. The first kappa shape index (κ1) is 25.5. The highest BCUT2D eigenvalue weighted by atomic mass is 19.2. The molecule has 3 heterocycles. The van der Waals surface area contributed by atoms with Gasteiger partial charge in [0.1, 0.15) is 5.82 Å². The molecule has 196 valence electrons. The van der Waals surface area contributed by atoms with Gasteiger partial charge < -0.3 is 19.9 Å². The van der Waals surface area contributed by atoms with Gasteiger partial charge in [-0.05, 0) is 98.1 Å². The minimum atomic E-state index is -0.943. The molecule has 8 heteroatoms. The molecule has 1 atom stereocenters. The Morgan fingerprint density at radius 2 is 1.76 bits per heavy atom. The first-order valence-electron chi connectivity index (χ1n) is 13.0. The average Bonchev–Trinajstić information content (AvgIpc) is 3.32. The van der Waals surface area contributed by atoms with E-state index in [4.69, 9.17) is 0 Å². The number of nitrogens with one attached hydrogen (secondary N) is 1. The van der Waals surface area contributed by atoms with Crippen LogP contribution in [-0.2, 0) is 4.79 Å². The van der Waals surface area contributed by atoms with Crippen molar-refractivity contribution in [2.75, 3.05) is 32.7 Å². The van der Waals surface area contributed by atoms with Gasteiger partial charge in [-0.15, -0.1) is 0 Å². The fourth-order valence-electron chi connectivity index (χ4n) is 5.69. The number of aliphatic hydroxyl groups is 1. The third-order valence-electron chi connectivity index (χ3n) is 7.91. The summed E-state index contributed by atoms with van der Waals surface area (Å²) in [5.74, 6) is -1.74. The summed E-state index contributed by atoms with van der Waals surface area (Å²) in [6.45, 7) is 3.50. The van der Waals surface area contributed by atoms with Crippen LogP contribution in [0.25, 0.3) is 17.0 Å². The van der Waals surface area contributed by atoms with Gasteiger partial charge in [0.25, 0.3) is 0 Å². The van der Waals surface area contributed by atoms with Gasteiger partial charge in [-0.1, -0.05) is 6.07 Å². The summed E-state index contributed by atoms with van der Waals surface area (Å²) in [5.41, 5.74) is 2.56. The van der Waals surface area contributed by atoms with Crippen molar-refractivity contribution in [3.05, 3.63) is 77.2 Å². The first-order valence-corrected chi connectivity index (χ1v) is 13.0. The van der Waals surface area contributed by atoms with Crippen LogP contribution in [0, 0.1) is 23.4 Å². The number of β-amino-alcohol motifs (C(OH)–C–C–N with tert-alkyl or cyclic N) is 1. The Kier molecular flexibility index (Phi) is 7.67. The van der Waals surface area contributed by atoms with Gasteiger partial charge in [0.05, 0.1) is 6.10 Å². The standard InChI is InChI=1S/C29H32F3N3O2/c30-22-3-5-27-23(16-22)24(17-33-27)20-7-11-34(12-8-20)18-28(36)21-9-13-35(14-10-21)29(37)6-2-19-1-4-25(31)26(32)15-19/h1-6,15-17,20-21,28,33,36H,7-14,18H2/b6-2+. The van der Waals surface area contributed by atoms with Crippen LogP contribution in [0.15, 0.2) is 48.7 Å². The third kappa shape index (κ3) is 5.91. The zero-order valence-electron chi connectivity index (χ0n) is 20.7. The molecule has 37 heavy (non-hydrogen) atoms. The minimum absolute atomic E-state index is 0.133. The molecule has 0 saturated carbocycles. The van der Waals surface area contributed by atoms with Crippen LogP contribution in [0.3, 0.4) is 0 Å². The quantitative estimate of drug-likeness (QED) is 0.454. The van der Waals surface area contributed by atoms with Crippen LogP contribution in [0.4, 0.5) is 13.2 Å². The van der Waals surface area contributed by atoms with Gasteiger partial charge in [-0.3, -0.25) is 4.79 Å². The van der Waals surface area contributed by atoms with Crippen LogP contribution < -0.4 is 0 Å². The topological polar surface area (TPSA) is 59.6 Å². The summed E-state index contributed by atoms with van der Waals surface area (Å²) in [6, 6.07) is 8.38. The van der Waals surface area contributed by atoms with Gasteiger partial charge in [0.15, 0.2) is 11.6 Å². The molecular weight excluding hydrogens is 479 g/mol. The molecule has 2 aromatic carbocycles. The van der Waals surface area contributed by atoms with E-state index in [1.165, 1.54) is 29.8 Å². The molecule has 1 aromatic heterocycles. The number of aliphatic hydroxyl groups excluding tert-OH is 1. The Morgan fingerprint density at radius 1 is 1.00 bits per heavy atom. The molecule has 2 N–H and O–H groups in total. The number of fused-ring (bicyclic) bond motifs is 1. The molecular formula is C29H32F3N3O2. The fourth-order valence-corrected chi connectivity index (χ4v) is 5.69. The monoisotopic (exact) mass is 511 g/mol. The number of hydrogen-bond donors (Lipinski definition) is 2. The molecule has 0 aliphatic carbocycles. The number of H-pyrrole nitrogens is 1. The number of rotatable bonds is 6. The van der Waals surface area contributed by atoms with Gasteiger partial charge in [-0.2, -0.15) is 0 Å². The molecule has 2 aliphatic rings. The minimum Gasteiger partial charge on any atom is -0.392 e. The van der Waals surface area contributed by atoms with Crippen LogP contribution in [0.5, 0.6) is 0 Å². The summed E-state index contributed by atoms with van der Waals surface area (Å²) in [5, 5.41) is 11.9. The molecule has 0 bridgehead atoms. The second kappa shape index (κ2) is 11.1. The maximum atomic E-state index is 13.7. The van der Waals surface area contributed by atoms with Crippen molar-refractivity contribution >= 4 is 22.9 Å². The number of piperidine rings is 2. The predicted molar refractivity (Wildman–Crippen MR) is 137 cm³/mol. The van der Waals surface area contributed by atoms with Crippen LogP contribution in [-0.4, -0.2) is 64.6 Å². The normalized spacial score (nSPS) is 19.2. The highest BCUT2D eigenvalue weighted by molar-refractivity contribution is 5.91. The molecule has 2 aliphatic heterocycles. The van der Waals surface area contributed by atoms with Crippen LogP contribution in [0.2, 0.25) is 0 Å². The Hall–Kier alpha value is -3.10. The van der Waals surface area contributed by atoms with Gasteiger partial charge in [-0.25, -0.2) is 13.2 Å². The second-order valence-electron chi connectivity index (χ2n) is 10.2. The number of carbonyl (C=O) groups is 1. The zero-order chi connectivity index (χ0) is 25.9. The average molecular weight is 512 g/mol. The lowest BCUT2D eigenvalue weighted by Crippen LogP contribution is -2.45. The Bertz CT molecular complexity index is 1270. The molecule has 2 fully saturated rings. The van der Waals surface area contributed by atoms with Crippen LogP contribution >= 0.6 is 0 Å². The Morgan fingerprint density at radius 3 is 2.49 bits per heavy atom. The molecule has 1 unspecified atom stereocenters. The van der Waals surface area contributed by atoms with Crippen molar-refractivity contribution in [3.8, 4) is 0 Å². The van der Waals surface area contributed by atoms with Gasteiger partial charge in [0.2, 0.25) is 5.91 Å². The molecule has 5 rings (SSSR count). The van der Waals surface area contributed by atoms with E-state index in [9.17, 15) is 23.1 Å². The van der Waals surface area contributed by atoms with E-state index in [1.54, 1.807) is 17.0 Å². The fraction of sp³-hybridized carbons (Fsp3) is 0.414. The number of aromatic nitrogens is 1. The third-order valence-corrected chi connectivity index (χ3v) is 7.91. The van der Waals surface area contributed by atoms with E-state index >= 15 is 0 Å². The lowest BCUT2D eigenvalue weighted by molar-refractivity contribution is -0.128. The highest BCUT2D eigenvalue weighted by Crippen LogP contribution is 2.34. The number of amides is 1. The van der Waals surface area contributed by atoms with Crippen molar-refractivity contribution < 1.29 is 23.1 Å². The molecule has 3 aromatic rings. The molecule has 1 amide bonds. The molecule has 0 radical (unpaired) electrons. The van der Waals surface area contributed by atoms with E-state index in [-0.39, 0.29) is 17.6 Å². The largest absolute Gasteiger partial charge is 0.392 e. The van der Waals surface area contributed by atoms with E-state index in [0.29, 0.717) is 31.1 Å². The molecule has 0 spiro atoms. The Balaban J connectivity index is 1.07. The van der Waals surface area contributed by atoms with Crippen molar-refractivity contribution in [3.63, 3.8) is 0 Å². The zero-order valence-corrected chi connectivity index (χ0v) is 20.7. The number of likely N-dealkylation sites (tertiary alicyclic amines) is 2. The SMILES string of the molecule is O=C(/C=C/c1ccc(F)c(F)c1)N1CCC(C(O)CN2CCC(c3c[nH]c4ccc(F)cc34)CC2)CC1. The van der Waals surface area contributed by atoms with Gasteiger partial charge >= 0.3 is 0 Å². The lowest BCUT2D eigenvalue weighted by Gasteiger charge is -2.37. The van der Waals surface area contributed by atoms with Gasteiger partial charge in [0, 0.05) is 42.8 Å². The summed E-state index contributed by atoms with van der Waals surface area (Å²) in [6.07, 6.45) is 7.81. The summed E-state index contributed by atoms with van der Waals surface area (Å²) >= 11 is 0. The number of hydrogen-bond acceptors (Lipinski definition) is 3. The smallest absolute Gasteiger partial charge is 0.246 e. The van der Waals surface area contributed by atoms with Crippen molar-refractivity contribution in [1.29, 1.82) is 0 Å². The Labute approximate surface area is 214 Å². The maximum Gasteiger partial charge on any atom is 0.246 e. The number of nitrogens with zero attached hydrogens (tertiary/aromatic N) is 2. The summed E-state index contributed by atoms with van der Waals surface area (Å²) in [7, 11) is 0. The second-order valence-corrected chi connectivity index (χ2v) is 10.2. The van der Waals surface area contributed by atoms with Crippen molar-refractivity contribution in [1.82, 2.24) is 14.8 Å². The van der Waals surface area contributed by atoms with Crippen molar-refractivity contribution in [2.45, 2.75) is 37.7 Å². The van der Waals surface area contributed by atoms with E-state index in [1.807, 2.05) is 6.20 Å². The number of halogens is 3. The number of carbonyl (C=O) groups excluding carboxylic acids is 1. The van der Waals surface area contributed by atoms with E-state index in [0.717, 1.165) is 61.8 Å². The van der Waals surface area contributed by atoms with Crippen molar-refractivity contribution in [2.24, 2.45) is 5.92 Å².